The standard InChI is InChI=1S/C16H15N3OS/c1-19(10-11-5-4-8-18-9-11)16(20)15-14(17)12-6-2-3-7-13(12)21-15/h2-9H,10,17H2,1H3. The van der Waals surface area contributed by atoms with Crippen LogP contribution in [0.3, 0.4) is 0 Å². The molecule has 2 heterocycles. The number of aromatic nitrogens is 1. The lowest BCUT2D eigenvalue weighted by atomic mass is 10.2. The number of rotatable bonds is 3. The van der Waals surface area contributed by atoms with E-state index >= 15 is 0 Å². The molecule has 2 N–H and O–H groups in total. The lowest BCUT2D eigenvalue weighted by molar-refractivity contribution is 0.0791. The highest BCUT2D eigenvalue weighted by Gasteiger charge is 2.19. The fourth-order valence-electron chi connectivity index (χ4n) is 2.23. The van der Waals surface area contributed by atoms with Crippen molar-refractivity contribution in [3.63, 3.8) is 0 Å². The van der Waals surface area contributed by atoms with E-state index in [4.69, 9.17) is 5.73 Å². The normalized spacial score (nSPS) is 10.7. The van der Waals surface area contributed by atoms with Crippen LogP contribution in [0.5, 0.6) is 0 Å². The van der Waals surface area contributed by atoms with E-state index in [0.29, 0.717) is 17.1 Å². The summed E-state index contributed by atoms with van der Waals surface area (Å²) < 4.78 is 1.04. The van der Waals surface area contributed by atoms with Crippen molar-refractivity contribution >= 4 is 33.0 Å². The van der Waals surface area contributed by atoms with Crippen LogP contribution in [0.15, 0.2) is 48.8 Å². The Balaban J connectivity index is 1.88. The van der Waals surface area contributed by atoms with Crippen molar-refractivity contribution in [2.24, 2.45) is 0 Å². The van der Waals surface area contributed by atoms with Gasteiger partial charge in [-0.25, -0.2) is 0 Å². The zero-order valence-corrected chi connectivity index (χ0v) is 12.4. The van der Waals surface area contributed by atoms with Crippen LogP contribution in [0.25, 0.3) is 10.1 Å². The molecule has 0 radical (unpaired) electrons. The van der Waals surface area contributed by atoms with Crippen molar-refractivity contribution in [1.29, 1.82) is 0 Å². The van der Waals surface area contributed by atoms with E-state index in [1.54, 1.807) is 24.3 Å². The molecule has 0 unspecified atom stereocenters. The van der Waals surface area contributed by atoms with Gasteiger partial charge in [0.05, 0.1) is 5.69 Å². The number of pyridine rings is 1. The molecule has 0 bridgehead atoms. The van der Waals surface area contributed by atoms with Crippen LogP contribution < -0.4 is 5.73 Å². The Morgan fingerprint density at radius 3 is 2.81 bits per heavy atom. The summed E-state index contributed by atoms with van der Waals surface area (Å²) in [6.45, 7) is 0.514. The molecule has 5 heteroatoms. The molecule has 0 aliphatic heterocycles. The number of benzene rings is 1. The van der Waals surface area contributed by atoms with Gasteiger partial charge in [-0.05, 0) is 17.7 Å². The number of fused-ring (bicyclic) bond motifs is 1. The van der Waals surface area contributed by atoms with E-state index < -0.39 is 0 Å². The van der Waals surface area contributed by atoms with Gasteiger partial charge in [0.15, 0.2) is 0 Å². The Kier molecular flexibility index (Phi) is 3.58. The minimum absolute atomic E-state index is 0.0578. The first kappa shape index (κ1) is 13.6. The van der Waals surface area contributed by atoms with Crippen LogP contribution in [-0.2, 0) is 6.54 Å². The lowest BCUT2D eigenvalue weighted by Gasteiger charge is -2.16. The second kappa shape index (κ2) is 5.54. The second-order valence-electron chi connectivity index (χ2n) is 4.86. The number of thiophene rings is 1. The molecule has 0 fully saturated rings. The van der Waals surface area contributed by atoms with E-state index in [-0.39, 0.29) is 5.91 Å². The molecular formula is C16H15N3OS. The maximum absolute atomic E-state index is 12.6. The van der Waals surface area contributed by atoms with Gasteiger partial charge < -0.3 is 10.6 Å². The average molecular weight is 297 g/mol. The minimum Gasteiger partial charge on any atom is -0.397 e. The van der Waals surface area contributed by atoms with Crippen molar-refractivity contribution in [3.05, 3.63) is 59.2 Å². The van der Waals surface area contributed by atoms with Gasteiger partial charge in [0, 0.05) is 36.1 Å². The number of nitrogens with two attached hydrogens (primary N) is 1. The lowest BCUT2D eigenvalue weighted by Crippen LogP contribution is -2.26. The number of amides is 1. The van der Waals surface area contributed by atoms with E-state index in [1.807, 2.05) is 36.4 Å². The number of anilines is 1. The molecule has 21 heavy (non-hydrogen) atoms. The summed E-state index contributed by atoms with van der Waals surface area (Å²) in [5, 5.41) is 0.945. The molecule has 3 aromatic rings. The Morgan fingerprint density at radius 2 is 2.10 bits per heavy atom. The first-order valence-electron chi connectivity index (χ1n) is 6.58. The molecule has 0 aliphatic rings. The van der Waals surface area contributed by atoms with Crippen molar-refractivity contribution in [2.45, 2.75) is 6.54 Å². The zero-order valence-electron chi connectivity index (χ0n) is 11.6. The SMILES string of the molecule is CN(Cc1cccnc1)C(=O)c1sc2ccccc2c1N. The Labute approximate surface area is 126 Å². The van der Waals surface area contributed by atoms with E-state index in [0.717, 1.165) is 15.6 Å². The van der Waals surface area contributed by atoms with E-state index in [1.165, 1.54) is 11.3 Å². The number of hydrogen-bond acceptors (Lipinski definition) is 4. The van der Waals surface area contributed by atoms with Crippen LogP contribution in [0.4, 0.5) is 5.69 Å². The van der Waals surface area contributed by atoms with Gasteiger partial charge in [-0.15, -0.1) is 11.3 Å². The third-order valence-corrected chi connectivity index (χ3v) is 4.49. The highest BCUT2D eigenvalue weighted by Crippen LogP contribution is 2.34. The predicted molar refractivity (Wildman–Crippen MR) is 86.3 cm³/mol. The average Bonchev–Trinajstić information content (AvgIpc) is 2.85. The highest BCUT2D eigenvalue weighted by molar-refractivity contribution is 7.21. The van der Waals surface area contributed by atoms with Gasteiger partial charge in [0.25, 0.3) is 5.91 Å². The van der Waals surface area contributed by atoms with Crippen molar-refractivity contribution in [1.82, 2.24) is 9.88 Å². The van der Waals surface area contributed by atoms with Crippen LogP contribution in [0.1, 0.15) is 15.2 Å². The summed E-state index contributed by atoms with van der Waals surface area (Å²) in [5.74, 6) is -0.0578. The molecule has 0 aliphatic carbocycles. The van der Waals surface area contributed by atoms with Crippen molar-refractivity contribution in [3.8, 4) is 0 Å². The molecule has 1 amide bonds. The third-order valence-electron chi connectivity index (χ3n) is 3.32. The van der Waals surface area contributed by atoms with Gasteiger partial charge >= 0.3 is 0 Å². The Hall–Kier alpha value is -2.40. The zero-order chi connectivity index (χ0) is 14.8. The van der Waals surface area contributed by atoms with Crippen LogP contribution >= 0.6 is 11.3 Å². The molecule has 0 saturated heterocycles. The maximum Gasteiger partial charge on any atom is 0.266 e. The quantitative estimate of drug-likeness (QED) is 0.808. The first-order chi connectivity index (χ1) is 10.2. The van der Waals surface area contributed by atoms with Gasteiger partial charge in [0.1, 0.15) is 4.88 Å². The van der Waals surface area contributed by atoms with Gasteiger partial charge in [-0.3, -0.25) is 9.78 Å². The topological polar surface area (TPSA) is 59.2 Å². The Morgan fingerprint density at radius 1 is 1.29 bits per heavy atom. The van der Waals surface area contributed by atoms with Gasteiger partial charge in [0.2, 0.25) is 0 Å². The molecular weight excluding hydrogens is 282 g/mol. The van der Waals surface area contributed by atoms with Crippen LogP contribution in [-0.4, -0.2) is 22.8 Å². The number of nitrogen functional groups attached to an aromatic ring is 1. The molecule has 3 rings (SSSR count). The smallest absolute Gasteiger partial charge is 0.266 e. The predicted octanol–water partition coefficient (Wildman–Crippen LogP) is 3.15. The molecule has 0 spiro atoms. The number of carbonyl (C=O) groups excluding carboxylic acids is 1. The summed E-state index contributed by atoms with van der Waals surface area (Å²) in [7, 11) is 1.78. The summed E-state index contributed by atoms with van der Waals surface area (Å²) >= 11 is 1.44. The number of hydrogen-bond donors (Lipinski definition) is 1. The summed E-state index contributed by atoms with van der Waals surface area (Å²) in [5.41, 5.74) is 7.68. The molecule has 2 aromatic heterocycles. The molecule has 4 nitrogen and oxygen atoms in total. The van der Waals surface area contributed by atoms with E-state index in [9.17, 15) is 4.79 Å². The minimum atomic E-state index is -0.0578. The Bertz CT molecular complexity index is 783. The molecule has 106 valence electrons. The summed E-state index contributed by atoms with van der Waals surface area (Å²) in [6.07, 6.45) is 3.48. The van der Waals surface area contributed by atoms with Gasteiger partial charge in [-0.2, -0.15) is 0 Å². The molecule has 1 aromatic carbocycles. The second-order valence-corrected chi connectivity index (χ2v) is 5.92. The fraction of sp³-hybridized carbons (Fsp3) is 0.125. The summed E-state index contributed by atoms with van der Waals surface area (Å²) in [4.78, 5) is 18.9. The van der Waals surface area contributed by atoms with Gasteiger partial charge in [-0.1, -0.05) is 24.3 Å². The number of nitrogens with zero attached hydrogens (tertiary/aromatic N) is 2. The first-order valence-corrected chi connectivity index (χ1v) is 7.40. The monoisotopic (exact) mass is 297 g/mol. The van der Waals surface area contributed by atoms with Crippen molar-refractivity contribution < 1.29 is 4.79 Å². The fourth-order valence-corrected chi connectivity index (χ4v) is 3.35. The van der Waals surface area contributed by atoms with E-state index in [2.05, 4.69) is 4.98 Å². The number of carbonyl (C=O) groups is 1. The third kappa shape index (κ3) is 2.60. The molecule has 0 saturated carbocycles. The maximum atomic E-state index is 12.6. The van der Waals surface area contributed by atoms with Crippen LogP contribution in [0.2, 0.25) is 0 Å². The van der Waals surface area contributed by atoms with Crippen molar-refractivity contribution in [2.75, 3.05) is 12.8 Å². The van der Waals surface area contributed by atoms with Crippen LogP contribution in [0, 0.1) is 0 Å². The largest absolute Gasteiger partial charge is 0.397 e. The summed E-state index contributed by atoms with van der Waals surface area (Å²) in [6, 6.07) is 11.6. The highest BCUT2D eigenvalue weighted by atomic mass is 32.1. The molecule has 0 atom stereocenters.